The first-order valence-corrected chi connectivity index (χ1v) is 7.13. The van der Waals surface area contributed by atoms with Crippen molar-refractivity contribution in [1.82, 2.24) is 9.80 Å². The van der Waals surface area contributed by atoms with Crippen molar-refractivity contribution in [3.05, 3.63) is 0 Å². The summed E-state index contributed by atoms with van der Waals surface area (Å²) in [5.41, 5.74) is 0. The molecular weight excluding hydrogens is 264 g/mol. The number of hydrogen-bond donors (Lipinski definition) is 3. The van der Waals surface area contributed by atoms with E-state index in [9.17, 15) is 14.7 Å². The van der Waals surface area contributed by atoms with Gasteiger partial charge in [-0.1, -0.05) is 12.8 Å². The van der Waals surface area contributed by atoms with Crippen molar-refractivity contribution < 1.29 is 24.9 Å². The fraction of sp³-hybridized carbons (Fsp3) is 0.846. The van der Waals surface area contributed by atoms with E-state index in [-0.39, 0.29) is 38.2 Å². The molecule has 1 aliphatic heterocycles. The predicted molar refractivity (Wildman–Crippen MR) is 70.2 cm³/mol. The SMILES string of the molecule is O=C(O)C1CC(O)CN1C(=O)N(CCO)C1CCCC1. The molecule has 0 aromatic rings. The number of carbonyl (C=O) groups excluding carboxylic acids is 1. The van der Waals surface area contributed by atoms with E-state index in [1.807, 2.05) is 0 Å². The van der Waals surface area contributed by atoms with Crippen molar-refractivity contribution in [3.8, 4) is 0 Å². The topological polar surface area (TPSA) is 101 Å². The molecule has 1 aliphatic carbocycles. The zero-order valence-electron chi connectivity index (χ0n) is 11.4. The summed E-state index contributed by atoms with van der Waals surface area (Å²) in [5, 5.41) is 27.9. The maximum Gasteiger partial charge on any atom is 0.326 e. The zero-order chi connectivity index (χ0) is 14.7. The van der Waals surface area contributed by atoms with Gasteiger partial charge in [-0.2, -0.15) is 0 Å². The molecule has 7 nitrogen and oxygen atoms in total. The Morgan fingerprint density at radius 1 is 1.25 bits per heavy atom. The summed E-state index contributed by atoms with van der Waals surface area (Å²) in [5.74, 6) is -1.09. The molecular formula is C13H22N2O5. The van der Waals surface area contributed by atoms with E-state index >= 15 is 0 Å². The number of rotatable bonds is 4. The van der Waals surface area contributed by atoms with Gasteiger partial charge in [0.15, 0.2) is 0 Å². The lowest BCUT2D eigenvalue weighted by Crippen LogP contribution is -2.52. The summed E-state index contributed by atoms with van der Waals surface area (Å²) in [6.45, 7) is 0.114. The second kappa shape index (κ2) is 6.41. The van der Waals surface area contributed by atoms with Crippen molar-refractivity contribution in [2.45, 2.75) is 50.3 Å². The Morgan fingerprint density at radius 2 is 1.90 bits per heavy atom. The average Bonchev–Trinajstić information content (AvgIpc) is 3.04. The van der Waals surface area contributed by atoms with Crippen LogP contribution in [0.3, 0.4) is 0 Å². The van der Waals surface area contributed by atoms with Crippen molar-refractivity contribution in [2.24, 2.45) is 0 Å². The van der Waals surface area contributed by atoms with Crippen LogP contribution in [0.25, 0.3) is 0 Å². The van der Waals surface area contributed by atoms with Crippen molar-refractivity contribution in [3.63, 3.8) is 0 Å². The van der Waals surface area contributed by atoms with Crippen LogP contribution in [0.1, 0.15) is 32.1 Å². The summed E-state index contributed by atoms with van der Waals surface area (Å²) < 4.78 is 0. The lowest BCUT2D eigenvalue weighted by Gasteiger charge is -2.34. The van der Waals surface area contributed by atoms with E-state index in [4.69, 9.17) is 10.2 Å². The lowest BCUT2D eigenvalue weighted by molar-refractivity contribution is -0.141. The van der Waals surface area contributed by atoms with Crippen LogP contribution in [0.4, 0.5) is 4.79 Å². The van der Waals surface area contributed by atoms with Gasteiger partial charge in [-0.05, 0) is 12.8 Å². The molecule has 114 valence electrons. The van der Waals surface area contributed by atoms with Gasteiger partial charge in [0.2, 0.25) is 0 Å². The molecule has 2 unspecified atom stereocenters. The van der Waals surface area contributed by atoms with E-state index in [1.54, 1.807) is 4.90 Å². The Balaban J connectivity index is 2.11. The normalized spacial score (nSPS) is 27.0. The molecule has 2 amide bonds. The van der Waals surface area contributed by atoms with Gasteiger partial charge in [-0.15, -0.1) is 0 Å². The molecule has 1 saturated heterocycles. The molecule has 0 spiro atoms. The highest BCUT2D eigenvalue weighted by atomic mass is 16.4. The molecule has 0 radical (unpaired) electrons. The van der Waals surface area contributed by atoms with Gasteiger partial charge in [-0.3, -0.25) is 0 Å². The van der Waals surface area contributed by atoms with Gasteiger partial charge in [0.1, 0.15) is 6.04 Å². The van der Waals surface area contributed by atoms with Gasteiger partial charge in [0.25, 0.3) is 0 Å². The van der Waals surface area contributed by atoms with E-state index in [0.717, 1.165) is 25.7 Å². The fourth-order valence-corrected chi connectivity index (χ4v) is 3.18. The standard InChI is InChI=1S/C13H22N2O5/c16-6-5-14(9-3-1-2-4-9)13(20)15-8-10(17)7-11(15)12(18)19/h9-11,16-17H,1-8H2,(H,18,19). The van der Waals surface area contributed by atoms with Gasteiger partial charge in [0.05, 0.1) is 12.7 Å². The van der Waals surface area contributed by atoms with Crippen LogP contribution in [0.15, 0.2) is 0 Å². The molecule has 2 aliphatic rings. The quantitative estimate of drug-likeness (QED) is 0.668. The van der Waals surface area contributed by atoms with Crippen molar-refractivity contribution in [2.75, 3.05) is 19.7 Å². The van der Waals surface area contributed by atoms with Gasteiger partial charge >= 0.3 is 12.0 Å². The first kappa shape index (κ1) is 15.1. The van der Waals surface area contributed by atoms with Crippen LogP contribution in [-0.4, -0.2) is 75.0 Å². The Hall–Kier alpha value is -1.34. The summed E-state index contributed by atoms with van der Waals surface area (Å²) in [4.78, 5) is 26.5. The first-order chi connectivity index (χ1) is 9.54. The number of amides is 2. The molecule has 0 aromatic heterocycles. The number of aliphatic hydroxyl groups excluding tert-OH is 2. The van der Waals surface area contributed by atoms with E-state index < -0.39 is 18.1 Å². The summed E-state index contributed by atoms with van der Waals surface area (Å²) >= 11 is 0. The highest BCUT2D eigenvalue weighted by Gasteiger charge is 2.42. The van der Waals surface area contributed by atoms with Crippen LogP contribution >= 0.6 is 0 Å². The number of aliphatic hydroxyl groups is 2. The number of carboxylic acid groups (broad SMARTS) is 1. The Labute approximate surface area is 117 Å². The molecule has 1 saturated carbocycles. The maximum absolute atomic E-state index is 12.5. The number of carboxylic acids is 1. The Bertz CT molecular complexity index is 370. The van der Waals surface area contributed by atoms with Crippen LogP contribution in [0, 0.1) is 0 Å². The van der Waals surface area contributed by atoms with Crippen molar-refractivity contribution in [1.29, 1.82) is 0 Å². The lowest BCUT2D eigenvalue weighted by atomic mass is 10.2. The second-order valence-electron chi connectivity index (χ2n) is 5.53. The molecule has 2 atom stereocenters. The van der Waals surface area contributed by atoms with Crippen molar-refractivity contribution >= 4 is 12.0 Å². The van der Waals surface area contributed by atoms with E-state index in [0.29, 0.717) is 0 Å². The first-order valence-electron chi connectivity index (χ1n) is 7.13. The van der Waals surface area contributed by atoms with E-state index in [1.165, 1.54) is 4.90 Å². The molecule has 20 heavy (non-hydrogen) atoms. The smallest absolute Gasteiger partial charge is 0.326 e. The number of β-amino-alcohol motifs (C(OH)–C–C–N with tert-alkyl or cyclic N) is 1. The molecule has 1 heterocycles. The second-order valence-corrected chi connectivity index (χ2v) is 5.53. The van der Waals surface area contributed by atoms with Crippen LogP contribution in [0.5, 0.6) is 0 Å². The third-order valence-corrected chi connectivity index (χ3v) is 4.16. The van der Waals surface area contributed by atoms with Gasteiger partial charge in [-0.25, -0.2) is 9.59 Å². The Kier molecular flexibility index (Phi) is 4.82. The number of hydrogen-bond acceptors (Lipinski definition) is 4. The number of likely N-dealkylation sites (tertiary alicyclic amines) is 1. The maximum atomic E-state index is 12.5. The third-order valence-electron chi connectivity index (χ3n) is 4.16. The predicted octanol–water partition coefficient (Wildman–Crippen LogP) is -0.137. The van der Waals surface area contributed by atoms with Gasteiger partial charge in [0, 0.05) is 25.6 Å². The summed E-state index contributed by atoms with van der Waals surface area (Å²) in [6.07, 6.45) is 3.15. The molecule has 0 aromatic carbocycles. The highest BCUT2D eigenvalue weighted by Crippen LogP contribution is 2.27. The minimum Gasteiger partial charge on any atom is -0.480 e. The Morgan fingerprint density at radius 3 is 2.45 bits per heavy atom. The van der Waals surface area contributed by atoms with Gasteiger partial charge < -0.3 is 25.1 Å². The van der Waals surface area contributed by atoms with Crippen LogP contribution in [-0.2, 0) is 4.79 Å². The largest absolute Gasteiger partial charge is 0.480 e. The van der Waals surface area contributed by atoms with E-state index in [2.05, 4.69) is 0 Å². The third kappa shape index (κ3) is 3.04. The fourth-order valence-electron chi connectivity index (χ4n) is 3.18. The van der Waals surface area contributed by atoms with Crippen LogP contribution < -0.4 is 0 Å². The molecule has 7 heteroatoms. The summed E-state index contributed by atoms with van der Waals surface area (Å²) in [6, 6.07) is -1.28. The monoisotopic (exact) mass is 286 g/mol. The number of carbonyl (C=O) groups is 2. The molecule has 2 fully saturated rings. The zero-order valence-corrected chi connectivity index (χ0v) is 11.4. The average molecular weight is 286 g/mol. The summed E-state index contributed by atoms with van der Waals surface area (Å²) in [7, 11) is 0. The van der Waals surface area contributed by atoms with Crippen LogP contribution in [0.2, 0.25) is 0 Å². The number of urea groups is 1. The number of nitrogens with zero attached hydrogens (tertiary/aromatic N) is 2. The molecule has 2 rings (SSSR count). The minimum absolute atomic E-state index is 0.0461. The molecule has 3 N–H and O–H groups in total. The molecule has 0 bridgehead atoms. The minimum atomic E-state index is -1.09. The highest BCUT2D eigenvalue weighted by molar-refractivity contribution is 5.83. The number of aliphatic carboxylic acids is 1.